The minimum absolute atomic E-state index is 0.113. The van der Waals surface area contributed by atoms with Crippen LogP contribution in [0.2, 0.25) is 0 Å². The second-order valence-electron chi connectivity index (χ2n) is 6.46. The Labute approximate surface area is 161 Å². The SMILES string of the molecule is Cc1cccc(OCCC(=O)O[C@H](C)c2nc3sc(C)c(C)c3c(=O)[nH]2)c1. The third-order valence-electron chi connectivity index (χ3n) is 4.32. The van der Waals surface area contributed by atoms with Crippen LogP contribution >= 0.6 is 11.3 Å². The lowest BCUT2D eigenvalue weighted by Crippen LogP contribution is -2.18. The molecule has 6 nitrogen and oxygen atoms in total. The van der Waals surface area contributed by atoms with Crippen LogP contribution in [-0.4, -0.2) is 22.5 Å². The summed E-state index contributed by atoms with van der Waals surface area (Å²) in [5, 5.41) is 0.603. The zero-order valence-corrected chi connectivity index (χ0v) is 16.6. The van der Waals surface area contributed by atoms with E-state index in [1.807, 2.05) is 45.0 Å². The molecule has 1 N–H and O–H groups in total. The molecule has 3 aromatic rings. The Bertz CT molecular complexity index is 1040. The average Bonchev–Trinajstić information content (AvgIpc) is 2.89. The molecular weight excluding hydrogens is 364 g/mol. The van der Waals surface area contributed by atoms with E-state index in [1.165, 1.54) is 11.3 Å². The summed E-state index contributed by atoms with van der Waals surface area (Å²) in [5.74, 6) is 0.661. The molecule has 0 fully saturated rings. The minimum atomic E-state index is -0.642. The normalized spacial score (nSPS) is 12.1. The molecule has 2 heterocycles. The number of esters is 1. The van der Waals surface area contributed by atoms with E-state index in [4.69, 9.17) is 9.47 Å². The Kier molecular flexibility index (Phi) is 5.60. The summed E-state index contributed by atoms with van der Waals surface area (Å²) in [6.07, 6.45) is -0.529. The number of aromatic amines is 1. The first-order chi connectivity index (χ1) is 12.8. The van der Waals surface area contributed by atoms with Gasteiger partial charge in [0, 0.05) is 4.88 Å². The number of fused-ring (bicyclic) bond motifs is 1. The first-order valence-corrected chi connectivity index (χ1v) is 9.55. The maximum Gasteiger partial charge on any atom is 0.309 e. The van der Waals surface area contributed by atoms with Gasteiger partial charge in [0.2, 0.25) is 0 Å². The van der Waals surface area contributed by atoms with Gasteiger partial charge in [0.1, 0.15) is 10.6 Å². The molecule has 0 unspecified atom stereocenters. The number of ether oxygens (including phenoxy) is 2. The summed E-state index contributed by atoms with van der Waals surface area (Å²) in [5.41, 5.74) is 1.82. The minimum Gasteiger partial charge on any atom is -0.493 e. The third kappa shape index (κ3) is 4.36. The van der Waals surface area contributed by atoms with Gasteiger partial charge in [-0.1, -0.05) is 12.1 Å². The number of hydrogen-bond donors (Lipinski definition) is 1. The zero-order valence-electron chi connectivity index (χ0n) is 15.8. The van der Waals surface area contributed by atoms with Crippen molar-refractivity contribution >= 4 is 27.5 Å². The van der Waals surface area contributed by atoms with Crippen LogP contribution in [0.3, 0.4) is 0 Å². The van der Waals surface area contributed by atoms with Crippen LogP contribution in [0.25, 0.3) is 10.2 Å². The lowest BCUT2D eigenvalue weighted by molar-refractivity contribution is -0.149. The number of nitrogens with zero attached hydrogens (tertiary/aromatic N) is 1. The fourth-order valence-corrected chi connectivity index (χ4v) is 3.77. The van der Waals surface area contributed by atoms with Crippen molar-refractivity contribution in [2.24, 2.45) is 0 Å². The van der Waals surface area contributed by atoms with Crippen LogP contribution in [0.4, 0.5) is 0 Å². The molecule has 0 aliphatic heterocycles. The predicted octanol–water partition coefficient (Wildman–Crippen LogP) is 3.98. The van der Waals surface area contributed by atoms with Crippen LogP contribution in [0.1, 0.15) is 41.3 Å². The van der Waals surface area contributed by atoms with Gasteiger partial charge in [0.25, 0.3) is 5.56 Å². The van der Waals surface area contributed by atoms with Gasteiger partial charge in [-0.05, 0) is 51.0 Å². The van der Waals surface area contributed by atoms with Crippen molar-refractivity contribution in [3.8, 4) is 5.75 Å². The van der Waals surface area contributed by atoms with Gasteiger partial charge in [0.15, 0.2) is 11.9 Å². The van der Waals surface area contributed by atoms with Crippen molar-refractivity contribution in [2.75, 3.05) is 6.61 Å². The van der Waals surface area contributed by atoms with Crippen molar-refractivity contribution < 1.29 is 14.3 Å². The van der Waals surface area contributed by atoms with Crippen molar-refractivity contribution in [3.05, 3.63) is 56.4 Å². The Morgan fingerprint density at radius 3 is 2.81 bits per heavy atom. The summed E-state index contributed by atoms with van der Waals surface area (Å²) < 4.78 is 11.0. The molecule has 3 rings (SSSR count). The first kappa shape index (κ1) is 19.1. The molecule has 0 radical (unpaired) electrons. The number of hydrogen-bond acceptors (Lipinski definition) is 6. The Balaban J connectivity index is 1.61. The highest BCUT2D eigenvalue weighted by molar-refractivity contribution is 7.18. The van der Waals surface area contributed by atoms with Crippen molar-refractivity contribution in [1.82, 2.24) is 9.97 Å². The lowest BCUT2D eigenvalue weighted by atomic mass is 10.2. The van der Waals surface area contributed by atoms with Gasteiger partial charge >= 0.3 is 5.97 Å². The van der Waals surface area contributed by atoms with Gasteiger partial charge in [-0.15, -0.1) is 11.3 Å². The summed E-state index contributed by atoms with van der Waals surface area (Å²) >= 11 is 1.46. The highest BCUT2D eigenvalue weighted by Gasteiger charge is 2.18. The van der Waals surface area contributed by atoms with E-state index in [9.17, 15) is 9.59 Å². The molecule has 0 saturated carbocycles. The molecule has 2 aromatic heterocycles. The number of thiophene rings is 1. The van der Waals surface area contributed by atoms with E-state index in [0.29, 0.717) is 16.0 Å². The number of H-pyrrole nitrogens is 1. The topological polar surface area (TPSA) is 81.3 Å². The molecule has 0 aliphatic carbocycles. The molecule has 0 amide bonds. The molecule has 0 spiro atoms. The standard InChI is InChI=1S/C20H22N2O4S/c1-11-6-5-7-15(10-11)25-9-8-16(23)26-13(3)18-21-19(24)17-12(2)14(4)27-20(17)22-18/h5-7,10,13H,8-9H2,1-4H3,(H,21,22,24)/t13-/m1/s1. The Morgan fingerprint density at radius 1 is 1.30 bits per heavy atom. The van der Waals surface area contributed by atoms with E-state index >= 15 is 0 Å². The van der Waals surface area contributed by atoms with Crippen molar-refractivity contribution in [2.45, 2.75) is 40.2 Å². The molecule has 1 atom stereocenters. The smallest absolute Gasteiger partial charge is 0.309 e. The largest absolute Gasteiger partial charge is 0.493 e. The Morgan fingerprint density at radius 2 is 2.07 bits per heavy atom. The number of carbonyl (C=O) groups is 1. The van der Waals surface area contributed by atoms with Crippen molar-refractivity contribution in [3.63, 3.8) is 0 Å². The van der Waals surface area contributed by atoms with Crippen LogP contribution in [0, 0.1) is 20.8 Å². The van der Waals surface area contributed by atoms with E-state index in [-0.39, 0.29) is 18.6 Å². The number of aryl methyl sites for hydroxylation is 3. The maximum atomic E-state index is 12.3. The van der Waals surface area contributed by atoms with Gasteiger partial charge in [0.05, 0.1) is 18.4 Å². The Hall–Kier alpha value is -2.67. The molecule has 1 aromatic carbocycles. The van der Waals surface area contributed by atoms with Gasteiger partial charge in [-0.2, -0.15) is 0 Å². The van der Waals surface area contributed by atoms with Crippen LogP contribution in [0.15, 0.2) is 29.1 Å². The molecule has 7 heteroatoms. The van der Waals surface area contributed by atoms with E-state index in [1.54, 1.807) is 6.92 Å². The monoisotopic (exact) mass is 386 g/mol. The fourth-order valence-electron chi connectivity index (χ4n) is 2.73. The van der Waals surface area contributed by atoms with Gasteiger partial charge < -0.3 is 14.5 Å². The second kappa shape index (κ2) is 7.92. The lowest BCUT2D eigenvalue weighted by Gasteiger charge is -2.13. The molecule has 27 heavy (non-hydrogen) atoms. The maximum absolute atomic E-state index is 12.3. The zero-order chi connectivity index (χ0) is 19.6. The number of rotatable bonds is 6. The van der Waals surface area contributed by atoms with Gasteiger partial charge in [-0.3, -0.25) is 9.59 Å². The van der Waals surface area contributed by atoms with E-state index < -0.39 is 12.1 Å². The fraction of sp³-hybridized carbons (Fsp3) is 0.350. The number of nitrogens with one attached hydrogen (secondary N) is 1. The summed E-state index contributed by atoms with van der Waals surface area (Å²) in [7, 11) is 0. The second-order valence-corrected chi connectivity index (χ2v) is 7.66. The average molecular weight is 386 g/mol. The van der Waals surface area contributed by atoms with E-state index in [2.05, 4.69) is 9.97 Å². The highest BCUT2D eigenvalue weighted by Crippen LogP contribution is 2.27. The van der Waals surface area contributed by atoms with Crippen LogP contribution in [-0.2, 0) is 9.53 Å². The number of aromatic nitrogens is 2. The highest BCUT2D eigenvalue weighted by atomic mass is 32.1. The summed E-state index contributed by atoms with van der Waals surface area (Å²) in [4.78, 5) is 33.3. The summed E-state index contributed by atoms with van der Waals surface area (Å²) in [6.45, 7) is 7.75. The molecule has 0 bridgehead atoms. The van der Waals surface area contributed by atoms with E-state index in [0.717, 1.165) is 21.8 Å². The summed E-state index contributed by atoms with van der Waals surface area (Å²) in [6, 6.07) is 7.62. The van der Waals surface area contributed by atoms with Gasteiger partial charge in [-0.25, -0.2) is 4.98 Å². The third-order valence-corrected chi connectivity index (χ3v) is 5.42. The molecule has 0 saturated heterocycles. The molecule has 0 aliphatic rings. The van der Waals surface area contributed by atoms with Crippen LogP contribution in [0.5, 0.6) is 5.75 Å². The first-order valence-electron chi connectivity index (χ1n) is 8.74. The van der Waals surface area contributed by atoms with Crippen LogP contribution < -0.4 is 10.3 Å². The number of benzene rings is 1. The molecular formula is C20H22N2O4S. The number of carbonyl (C=O) groups excluding carboxylic acids is 1. The molecule has 142 valence electrons. The predicted molar refractivity (Wildman–Crippen MR) is 106 cm³/mol. The quantitative estimate of drug-likeness (QED) is 0.648. The van der Waals surface area contributed by atoms with Crippen molar-refractivity contribution in [1.29, 1.82) is 0 Å².